The minimum atomic E-state index is -0.832. The normalized spacial score (nSPS) is 22.5. The van der Waals surface area contributed by atoms with Crippen LogP contribution in [-0.4, -0.2) is 64.7 Å². The molecule has 7 nitrogen and oxygen atoms in total. The Morgan fingerprint density at radius 2 is 1.69 bits per heavy atom. The van der Waals surface area contributed by atoms with Crippen LogP contribution >= 0.6 is 0 Å². The number of hydrogen-bond donors (Lipinski definition) is 1. The van der Waals surface area contributed by atoms with Gasteiger partial charge in [-0.2, -0.15) is 0 Å². The largest absolute Gasteiger partial charge is 0.481 e. The van der Waals surface area contributed by atoms with Gasteiger partial charge in [-0.25, -0.2) is 4.79 Å². The van der Waals surface area contributed by atoms with Crippen molar-refractivity contribution in [2.75, 3.05) is 26.2 Å². The molecule has 0 unspecified atom stereocenters. The number of nitrogens with zero attached hydrogens (tertiary/aromatic N) is 2. The van der Waals surface area contributed by atoms with Crippen molar-refractivity contribution in [2.45, 2.75) is 52.1 Å². The van der Waals surface area contributed by atoms with Gasteiger partial charge in [0.25, 0.3) is 0 Å². The summed E-state index contributed by atoms with van der Waals surface area (Å²) in [6, 6.07) is 0. The van der Waals surface area contributed by atoms with Crippen molar-refractivity contribution in [1.82, 2.24) is 9.80 Å². The number of piperidine rings is 2. The SMILES string of the molecule is CC(C)(C)OC(=O)N1CCC(/C=C\C(=O)N2CCC[C@@H](C(=O)O)C2)CC1. The molecular formula is C19H30N2O5. The highest BCUT2D eigenvalue weighted by atomic mass is 16.6. The van der Waals surface area contributed by atoms with Gasteiger partial charge in [-0.1, -0.05) is 6.08 Å². The number of carboxylic acids is 1. The number of hydrogen-bond acceptors (Lipinski definition) is 4. The molecule has 0 aromatic carbocycles. The summed E-state index contributed by atoms with van der Waals surface area (Å²) >= 11 is 0. The quantitative estimate of drug-likeness (QED) is 0.776. The number of ether oxygens (including phenoxy) is 1. The molecule has 0 saturated carbocycles. The topological polar surface area (TPSA) is 87.2 Å². The maximum atomic E-state index is 12.3. The molecule has 0 aliphatic carbocycles. The van der Waals surface area contributed by atoms with Crippen molar-refractivity contribution in [3.8, 4) is 0 Å². The number of carboxylic acid groups (broad SMARTS) is 1. The van der Waals surface area contributed by atoms with Crippen LogP contribution in [-0.2, 0) is 14.3 Å². The van der Waals surface area contributed by atoms with Crippen LogP contribution in [0.1, 0.15) is 46.5 Å². The number of carbonyl (C=O) groups is 3. The second kappa shape index (κ2) is 8.56. The molecule has 2 rings (SSSR count). The molecule has 1 N–H and O–H groups in total. The van der Waals surface area contributed by atoms with E-state index in [1.807, 2.05) is 26.8 Å². The lowest BCUT2D eigenvalue weighted by atomic mass is 9.96. The molecule has 0 radical (unpaired) electrons. The number of carbonyl (C=O) groups excluding carboxylic acids is 2. The van der Waals surface area contributed by atoms with E-state index in [9.17, 15) is 14.4 Å². The average molecular weight is 366 g/mol. The van der Waals surface area contributed by atoms with E-state index in [1.165, 1.54) is 0 Å². The van der Waals surface area contributed by atoms with Crippen molar-refractivity contribution in [2.24, 2.45) is 11.8 Å². The Hall–Kier alpha value is -2.05. The van der Waals surface area contributed by atoms with Crippen molar-refractivity contribution < 1.29 is 24.2 Å². The van der Waals surface area contributed by atoms with E-state index in [2.05, 4.69) is 0 Å². The number of amides is 2. The van der Waals surface area contributed by atoms with E-state index in [0.717, 1.165) is 19.3 Å². The molecular weight excluding hydrogens is 336 g/mol. The summed E-state index contributed by atoms with van der Waals surface area (Å²) in [6.07, 6.45) is 6.12. The molecule has 146 valence electrons. The average Bonchev–Trinajstić information content (AvgIpc) is 2.58. The number of aliphatic carboxylic acids is 1. The smallest absolute Gasteiger partial charge is 0.410 e. The van der Waals surface area contributed by atoms with Crippen LogP contribution in [0.4, 0.5) is 4.79 Å². The number of rotatable bonds is 3. The third kappa shape index (κ3) is 6.04. The van der Waals surface area contributed by atoms with E-state index in [-0.39, 0.29) is 24.5 Å². The second-order valence-electron chi connectivity index (χ2n) is 8.13. The molecule has 2 amide bonds. The molecule has 0 bridgehead atoms. The van der Waals surface area contributed by atoms with Gasteiger partial charge in [0.1, 0.15) is 5.60 Å². The first kappa shape index (κ1) is 20.3. The maximum Gasteiger partial charge on any atom is 0.410 e. The first-order chi connectivity index (χ1) is 12.2. The van der Waals surface area contributed by atoms with Crippen LogP contribution in [0.5, 0.6) is 0 Å². The summed E-state index contributed by atoms with van der Waals surface area (Å²) in [6.45, 7) is 7.68. The molecule has 2 aliphatic heterocycles. The van der Waals surface area contributed by atoms with Crippen LogP contribution in [0.2, 0.25) is 0 Å². The molecule has 1 atom stereocenters. The van der Waals surface area contributed by atoms with Crippen LogP contribution < -0.4 is 0 Å². The zero-order chi connectivity index (χ0) is 19.3. The second-order valence-corrected chi connectivity index (χ2v) is 8.13. The van der Waals surface area contributed by atoms with Gasteiger partial charge in [0.2, 0.25) is 5.91 Å². The lowest BCUT2D eigenvalue weighted by molar-refractivity contribution is -0.144. The highest BCUT2D eigenvalue weighted by Crippen LogP contribution is 2.21. The maximum absolute atomic E-state index is 12.3. The van der Waals surface area contributed by atoms with Gasteiger partial charge in [0.05, 0.1) is 5.92 Å². The molecule has 7 heteroatoms. The van der Waals surface area contributed by atoms with Crippen molar-refractivity contribution in [3.63, 3.8) is 0 Å². The predicted molar refractivity (Wildman–Crippen MR) is 96.6 cm³/mol. The molecule has 2 saturated heterocycles. The van der Waals surface area contributed by atoms with Crippen LogP contribution in [0.3, 0.4) is 0 Å². The molecule has 26 heavy (non-hydrogen) atoms. The fourth-order valence-electron chi connectivity index (χ4n) is 3.30. The Kier molecular flexibility index (Phi) is 6.67. The summed E-state index contributed by atoms with van der Waals surface area (Å²) < 4.78 is 5.38. The summed E-state index contributed by atoms with van der Waals surface area (Å²) in [5.74, 6) is -1.16. The Labute approximate surface area is 155 Å². The lowest BCUT2D eigenvalue weighted by Crippen LogP contribution is -2.42. The van der Waals surface area contributed by atoms with Crippen LogP contribution in [0.25, 0.3) is 0 Å². The lowest BCUT2D eigenvalue weighted by Gasteiger charge is -2.32. The van der Waals surface area contributed by atoms with Crippen molar-refractivity contribution >= 4 is 18.0 Å². The van der Waals surface area contributed by atoms with Crippen molar-refractivity contribution in [3.05, 3.63) is 12.2 Å². The molecule has 2 heterocycles. The van der Waals surface area contributed by atoms with E-state index in [1.54, 1.807) is 15.9 Å². The Balaban J connectivity index is 1.78. The van der Waals surface area contributed by atoms with Gasteiger partial charge < -0.3 is 19.6 Å². The van der Waals surface area contributed by atoms with Gasteiger partial charge in [-0.3, -0.25) is 9.59 Å². The fraction of sp³-hybridized carbons (Fsp3) is 0.737. The Morgan fingerprint density at radius 3 is 2.27 bits per heavy atom. The Bertz CT molecular complexity index is 559. The zero-order valence-electron chi connectivity index (χ0n) is 15.9. The van der Waals surface area contributed by atoms with Gasteiger partial charge >= 0.3 is 12.1 Å². The van der Waals surface area contributed by atoms with Gasteiger partial charge in [0.15, 0.2) is 0 Å². The molecule has 0 aromatic rings. The van der Waals surface area contributed by atoms with Gasteiger partial charge in [0, 0.05) is 26.2 Å². The number of allylic oxidation sites excluding steroid dienone is 1. The van der Waals surface area contributed by atoms with E-state index in [4.69, 9.17) is 9.84 Å². The summed E-state index contributed by atoms with van der Waals surface area (Å²) in [5.41, 5.74) is -0.498. The van der Waals surface area contributed by atoms with Crippen LogP contribution in [0, 0.1) is 11.8 Å². The number of likely N-dealkylation sites (tertiary alicyclic amines) is 2. The molecule has 2 aliphatic rings. The van der Waals surface area contributed by atoms with Gasteiger partial charge in [-0.15, -0.1) is 0 Å². The first-order valence-corrected chi connectivity index (χ1v) is 9.33. The third-order valence-corrected chi connectivity index (χ3v) is 4.78. The van der Waals surface area contributed by atoms with E-state index < -0.39 is 17.5 Å². The summed E-state index contributed by atoms with van der Waals surface area (Å²) in [7, 11) is 0. The first-order valence-electron chi connectivity index (χ1n) is 9.33. The van der Waals surface area contributed by atoms with E-state index >= 15 is 0 Å². The minimum absolute atomic E-state index is 0.120. The standard InChI is InChI=1S/C19H30N2O5/c1-19(2,3)26-18(25)20-11-8-14(9-12-20)6-7-16(22)21-10-4-5-15(13-21)17(23)24/h6-7,14-15H,4-5,8-13H2,1-3H3,(H,23,24)/b7-6-/t15-/m1/s1. The van der Waals surface area contributed by atoms with Gasteiger partial charge in [-0.05, 0) is 58.4 Å². The molecule has 0 spiro atoms. The predicted octanol–water partition coefficient (Wildman–Crippen LogP) is 2.51. The molecule has 0 aromatic heterocycles. The van der Waals surface area contributed by atoms with E-state index in [0.29, 0.717) is 26.1 Å². The summed E-state index contributed by atoms with van der Waals surface area (Å²) in [4.78, 5) is 38.8. The molecule has 2 fully saturated rings. The monoisotopic (exact) mass is 366 g/mol. The fourth-order valence-corrected chi connectivity index (χ4v) is 3.30. The van der Waals surface area contributed by atoms with Crippen molar-refractivity contribution in [1.29, 1.82) is 0 Å². The van der Waals surface area contributed by atoms with Crippen LogP contribution in [0.15, 0.2) is 12.2 Å². The zero-order valence-corrected chi connectivity index (χ0v) is 15.9. The Morgan fingerprint density at radius 1 is 1.04 bits per heavy atom. The third-order valence-electron chi connectivity index (χ3n) is 4.78. The minimum Gasteiger partial charge on any atom is -0.481 e. The highest BCUT2D eigenvalue weighted by Gasteiger charge is 2.28. The summed E-state index contributed by atoms with van der Waals surface area (Å²) in [5, 5.41) is 9.11. The highest BCUT2D eigenvalue weighted by molar-refractivity contribution is 5.88.